The molecular weight excluding hydrogens is 519 g/mol. The molecule has 0 radical (unpaired) electrons. The fourth-order valence-corrected chi connectivity index (χ4v) is 12.7. The van der Waals surface area contributed by atoms with Gasteiger partial charge in [0.05, 0.1) is 0 Å². The molecule has 0 bridgehead atoms. The normalized spacial score (nSPS) is 13.1. The molecule has 1 unspecified atom stereocenters. The van der Waals surface area contributed by atoms with Crippen LogP contribution in [-0.2, 0) is 4.52 Å². The van der Waals surface area contributed by atoms with Gasteiger partial charge in [-0.15, -0.1) is 0 Å². The first-order valence-corrected chi connectivity index (χ1v) is 15.2. The van der Waals surface area contributed by atoms with Crippen LogP contribution in [0.5, 0.6) is 34.5 Å². The average molecular weight is 561 g/mol. The third kappa shape index (κ3) is 4.86. The maximum absolute atomic E-state index is 11.7. The Bertz CT molecular complexity index is 1060. The molecule has 0 aliphatic heterocycles. The van der Waals surface area contributed by atoms with Gasteiger partial charge in [-0.25, -0.2) is 0 Å². The van der Waals surface area contributed by atoms with Gasteiger partial charge in [-0.3, -0.25) is 0 Å². The van der Waals surface area contributed by atoms with E-state index in [0.29, 0.717) is 56.8 Å². The summed E-state index contributed by atoms with van der Waals surface area (Å²) in [5.74, 6) is 3.11. The number of rotatable bonds is 14. The average Bonchev–Trinajstić information content (AvgIpc) is 2.99. The summed E-state index contributed by atoms with van der Waals surface area (Å²) in [6.45, 7) is -0.383. The van der Waals surface area contributed by atoms with Crippen LogP contribution in [0.4, 0.5) is 0 Å². The van der Waals surface area contributed by atoms with Crippen LogP contribution in [0.2, 0.25) is 0 Å². The number of aliphatic hydroxyl groups excluding tert-OH is 1. The molecule has 214 valence electrons. The summed E-state index contributed by atoms with van der Waals surface area (Å²) in [7, 11) is 9.61. The van der Waals surface area contributed by atoms with E-state index in [9.17, 15) is 5.11 Å². The third-order valence-corrected chi connectivity index (χ3v) is 13.2. The van der Waals surface area contributed by atoms with Crippen molar-refractivity contribution in [2.75, 3.05) is 55.4 Å². The van der Waals surface area contributed by atoms with Crippen LogP contribution < -0.4 is 44.3 Å². The number of hydrogen-bond donors (Lipinski definition) is 1. The molecule has 0 saturated heterocycles. The summed E-state index contributed by atoms with van der Waals surface area (Å²) >= 11 is 0. The van der Waals surface area contributed by atoms with Gasteiger partial charge in [-0.05, 0) is 0 Å². The Morgan fingerprint density at radius 3 is 1.05 bits per heavy atom. The van der Waals surface area contributed by atoms with Crippen molar-refractivity contribution in [1.29, 1.82) is 0 Å². The first-order valence-electron chi connectivity index (χ1n) is 12.9. The molecule has 0 aliphatic rings. The summed E-state index contributed by atoms with van der Waals surface area (Å²) in [5, 5.41) is 13.6. The summed E-state index contributed by atoms with van der Waals surface area (Å²) in [5.41, 5.74) is 0. The van der Waals surface area contributed by atoms with E-state index in [1.54, 1.807) is 42.7 Å². The number of hydrogen-bond acceptors (Lipinski definition) is 8. The first kappa shape index (κ1) is 30.4. The zero-order valence-corrected chi connectivity index (χ0v) is 25.0. The van der Waals surface area contributed by atoms with Crippen LogP contribution in [0.15, 0.2) is 54.6 Å². The molecule has 3 aromatic rings. The second-order valence-corrected chi connectivity index (χ2v) is 13.3. The van der Waals surface area contributed by atoms with Crippen LogP contribution in [-0.4, -0.2) is 66.6 Å². The minimum atomic E-state index is -4.50. The van der Waals surface area contributed by atoms with Gasteiger partial charge < -0.3 is 0 Å². The molecule has 0 heterocycles. The fraction of sp³-hybridized carbons (Fsp3) is 0.400. The van der Waals surface area contributed by atoms with Crippen LogP contribution in [0.25, 0.3) is 0 Å². The maximum atomic E-state index is 11.7. The molecule has 3 aromatic carbocycles. The summed E-state index contributed by atoms with van der Waals surface area (Å²) in [4.78, 5) is 0. The molecule has 3 rings (SSSR count). The van der Waals surface area contributed by atoms with E-state index in [1.165, 1.54) is 0 Å². The Morgan fingerprint density at radius 1 is 0.564 bits per heavy atom. The molecule has 1 N–H and O–H groups in total. The standard InChI is InChI=1S/C30H41O8P/c1-9-21(31)20-39(38-10-2,28-22(32-3)14-11-15-23(28)33-4,29-24(34-5)16-12-17-25(29)35-6)30-26(36-7)18-13-19-27(30)37-8/h11-19,21,31H,9-10,20H2,1-8H3. The van der Waals surface area contributed by atoms with Gasteiger partial charge in [0.1, 0.15) is 0 Å². The Balaban J connectivity index is 2.94. The van der Waals surface area contributed by atoms with E-state index in [2.05, 4.69) is 0 Å². The predicted octanol–water partition coefficient (Wildman–Crippen LogP) is 4.29. The monoisotopic (exact) mass is 560 g/mol. The van der Waals surface area contributed by atoms with Crippen LogP contribution in [0.3, 0.4) is 0 Å². The zero-order valence-electron chi connectivity index (χ0n) is 24.1. The number of aliphatic hydroxyl groups is 1. The quantitative estimate of drug-likeness (QED) is 0.293. The third-order valence-electron chi connectivity index (χ3n) is 7.07. The predicted molar refractivity (Wildman–Crippen MR) is 157 cm³/mol. The molecular formula is C30H41O8P. The van der Waals surface area contributed by atoms with E-state index < -0.39 is 12.9 Å². The first-order chi connectivity index (χ1) is 18.9. The second-order valence-electron chi connectivity index (χ2n) is 8.91. The molecule has 0 fully saturated rings. The Labute approximate surface area is 231 Å². The zero-order chi connectivity index (χ0) is 28.7. The van der Waals surface area contributed by atoms with Gasteiger partial charge in [0.25, 0.3) is 0 Å². The van der Waals surface area contributed by atoms with Crippen LogP contribution in [0.1, 0.15) is 20.3 Å². The van der Waals surface area contributed by atoms with Crippen LogP contribution >= 0.6 is 6.83 Å². The number of benzene rings is 3. The Hall–Kier alpha value is -3.19. The summed E-state index contributed by atoms with van der Waals surface area (Å²) in [6.07, 6.45) is -0.217. The van der Waals surface area contributed by atoms with Crippen molar-refractivity contribution >= 4 is 22.7 Å². The van der Waals surface area contributed by atoms with Crippen molar-refractivity contribution in [1.82, 2.24) is 0 Å². The molecule has 0 amide bonds. The van der Waals surface area contributed by atoms with E-state index in [4.69, 9.17) is 32.9 Å². The molecule has 8 nitrogen and oxygen atoms in total. The van der Waals surface area contributed by atoms with Crippen molar-refractivity contribution in [2.45, 2.75) is 26.4 Å². The number of ether oxygens (including phenoxy) is 6. The SMILES string of the molecule is CCOP(CC(O)CC)(c1c(OC)cccc1OC)(c1c(OC)cccc1OC)c1c(OC)cccc1OC. The van der Waals surface area contributed by atoms with Gasteiger partial charge in [0, 0.05) is 0 Å². The molecule has 0 aromatic heterocycles. The molecule has 39 heavy (non-hydrogen) atoms. The van der Waals surface area contributed by atoms with E-state index in [-0.39, 0.29) is 12.8 Å². The molecule has 0 saturated carbocycles. The summed E-state index contributed by atoms with van der Waals surface area (Å²) < 4.78 is 43.6. The van der Waals surface area contributed by atoms with Crippen LogP contribution in [0, 0.1) is 0 Å². The van der Waals surface area contributed by atoms with Gasteiger partial charge in [-0.1, -0.05) is 0 Å². The number of methoxy groups -OCH3 is 6. The van der Waals surface area contributed by atoms with Crippen molar-refractivity contribution in [3.8, 4) is 34.5 Å². The van der Waals surface area contributed by atoms with Crippen molar-refractivity contribution in [2.24, 2.45) is 0 Å². The topological polar surface area (TPSA) is 84.8 Å². The van der Waals surface area contributed by atoms with Gasteiger partial charge in [-0.2, -0.15) is 0 Å². The molecule has 0 aliphatic carbocycles. The van der Waals surface area contributed by atoms with Crippen molar-refractivity contribution in [3.05, 3.63) is 54.6 Å². The van der Waals surface area contributed by atoms with E-state index in [1.807, 2.05) is 68.4 Å². The van der Waals surface area contributed by atoms with Gasteiger partial charge in [0.15, 0.2) is 0 Å². The second kappa shape index (κ2) is 12.8. The van der Waals surface area contributed by atoms with Gasteiger partial charge >= 0.3 is 232 Å². The molecule has 0 spiro atoms. The van der Waals surface area contributed by atoms with Gasteiger partial charge in [0.2, 0.25) is 0 Å². The van der Waals surface area contributed by atoms with E-state index >= 15 is 0 Å². The minimum absolute atomic E-state index is 0.139. The van der Waals surface area contributed by atoms with E-state index in [0.717, 1.165) is 0 Å². The molecule has 9 heteroatoms. The van der Waals surface area contributed by atoms with Crippen molar-refractivity contribution < 1.29 is 38.1 Å². The van der Waals surface area contributed by atoms with Crippen molar-refractivity contribution in [3.63, 3.8) is 0 Å². The summed E-state index contributed by atoms with van der Waals surface area (Å²) in [6, 6.07) is 16.7. The molecule has 1 atom stereocenters. The Morgan fingerprint density at radius 2 is 0.846 bits per heavy atom. The Kier molecular flexibility index (Phi) is 9.94. The fourth-order valence-electron chi connectivity index (χ4n) is 5.57.